The molecule has 2 rings (SSSR count). The summed E-state index contributed by atoms with van der Waals surface area (Å²) in [5.41, 5.74) is 2.02. The summed E-state index contributed by atoms with van der Waals surface area (Å²) in [5.74, 6) is 0.152. The van der Waals surface area contributed by atoms with Crippen molar-refractivity contribution in [2.24, 2.45) is 0 Å². The number of rotatable bonds is 5. The second kappa shape index (κ2) is 5.67. The van der Waals surface area contributed by atoms with Crippen molar-refractivity contribution in [1.29, 1.82) is 0 Å². The molecule has 1 heterocycles. The van der Waals surface area contributed by atoms with E-state index in [0.717, 1.165) is 36.8 Å². The standard InChI is InChI=1S/C15H18O2/c1-12(16)15-10-3-2-6-13(15)7-4-8-14-9-5-11-17-14/h2-3,5-6,10-11,14H,4,7-9H2,1H3. The number of Topliss-reactive ketones (excluding diaryl/α,β-unsaturated/α-hetero) is 1. The summed E-state index contributed by atoms with van der Waals surface area (Å²) in [7, 11) is 0. The lowest BCUT2D eigenvalue weighted by Gasteiger charge is -2.11. The smallest absolute Gasteiger partial charge is 0.160 e. The zero-order valence-electron chi connectivity index (χ0n) is 10.2. The van der Waals surface area contributed by atoms with Gasteiger partial charge < -0.3 is 4.74 Å². The number of ketones is 1. The highest BCUT2D eigenvalue weighted by Crippen LogP contribution is 2.18. The third kappa shape index (κ3) is 3.19. The van der Waals surface area contributed by atoms with Gasteiger partial charge in [-0.25, -0.2) is 0 Å². The Morgan fingerprint density at radius 3 is 2.94 bits per heavy atom. The summed E-state index contributed by atoms with van der Waals surface area (Å²) < 4.78 is 5.42. The minimum Gasteiger partial charge on any atom is -0.498 e. The Morgan fingerprint density at radius 1 is 1.41 bits per heavy atom. The summed E-state index contributed by atoms with van der Waals surface area (Å²) in [5, 5.41) is 0. The molecule has 0 N–H and O–H groups in total. The monoisotopic (exact) mass is 230 g/mol. The van der Waals surface area contributed by atoms with Crippen molar-refractivity contribution in [3.63, 3.8) is 0 Å². The Balaban J connectivity index is 1.87. The highest BCUT2D eigenvalue weighted by atomic mass is 16.5. The van der Waals surface area contributed by atoms with E-state index in [9.17, 15) is 4.79 Å². The van der Waals surface area contributed by atoms with Crippen LogP contribution in [0.3, 0.4) is 0 Å². The number of ether oxygens (including phenoxy) is 1. The van der Waals surface area contributed by atoms with E-state index in [2.05, 4.69) is 6.08 Å². The largest absolute Gasteiger partial charge is 0.498 e. The van der Waals surface area contributed by atoms with Crippen molar-refractivity contribution in [1.82, 2.24) is 0 Å². The zero-order chi connectivity index (χ0) is 12.1. The first kappa shape index (κ1) is 11.9. The van der Waals surface area contributed by atoms with Gasteiger partial charge in [0.05, 0.1) is 6.26 Å². The second-order valence-electron chi connectivity index (χ2n) is 4.47. The first-order chi connectivity index (χ1) is 8.27. The van der Waals surface area contributed by atoms with E-state index in [0.29, 0.717) is 6.10 Å². The summed E-state index contributed by atoms with van der Waals surface area (Å²) >= 11 is 0. The van der Waals surface area contributed by atoms with Crippen LogP contribution in [0.15, 0.2) is 36.6 Å². The van der Waals surface area contributed by atoms with Gasteiger partial charge in [-0.15, -0.1) is 0 Å². The normalized spacial score (nSPS) is 18.1. The lowest BCUT2D eigenvalue weighted by atomic mass is 9.98. The number of carbonyl (C=O) groups is 1. The number of benzene rings is 1. The van der Waals surface area contributed by atoms with Crippen LogP contribution >= 0.6 is 0 Å². The van der Waals surface area contributed by atoms with Crippen molar-refractivity contribution in [2.75, 3.05) is 0 Å². The maximum Gasteiger partial charge on any atom is 0.160 e. The molecule has 1 atom stereocenters. The fourth-order valence-electron chi connectivity index (χ4n) is 2.22. The highest BCUT2D eigenvalue weighted by Gasteiger charge is 2.12. The van der Waals surface area contributed by atoms with Crippen molar-refractivity contribution in [3.8, 4) is 0 Å². The molecule has 1 aromatic rings. The van der Waals surface area contributed by atoms with Gasteiger partial charge in [-0.3, -0.25) is 4.79 Å². The summed E-state index contributed by atoms with van der Waals surface area (Å²) in [4.78, 5) is 11.5. The molecule has 0 radical (unpaired) electrons. The number of carbonyl (C=O) groups excluding carboxylic acids is 1. The lowest BCUT2D eigenvalue weighted by molar-refractivity contribution is 0.101. The van der Waals surface area contributed by atoms with E-state index in [-0.39, 0.29) is 5.78 Å². The van der Waals surface area contributed by atoms with Crippen molar-refractivity contribution in [2.45, 2.75) is 38.7 Å². The maximum atomic E-state index is 11.5. The molecular weight excluding hydrogens is 212 g/mol. The topological polar surface area (TPSA) is 26.3 Å². The van der Waals surface area contributed by atoms with Gasteiger partial charge in [0, 0.05) is 12.0 Å². The first-order valence-electron chi connectivity index (χ1n) is 6.16. The zero-order valence-corrected chi connectivity index (χ0v) is 10.2. The van der Waals surface area contributed by atoms with Crippen molar-refractivity contribution in [3.05, 3.63) is 47.7 Å². The lowest BCUT2D eigenvalue weighted by Crippen LogP contribution is -2.06. The molecule has 0 saturated heterocycles. The molecule has 0 spiro atoms. The molecule has 0 saturated carbocycles. The Bertz CT molecular complexity index is 413. The molecule has 1 aliphatic rings. The highest BCUT2D eigenvalue weighted by molar-refractivity contribution is 5.95. The van der Waals surface area contributed by atoms with E-state index in [4.69, 9.17) is 4.74 Å². The molecule has 17 heavy (non-hydrogen) atoms. The van der Waals surface area contributed by atoms with Crippen LogP contribution in [0.1, 0.15) is 42.1 Å². The molecular formula is C15H18O2. The molecule has 0 aromatic heterocycles. The van der Waals surface area contributed by atoms with E-state index in [1.807, 2.05) is 24.3 Å². The van der Waals surface area contributed by atoms with Crippen LogP contribution in [0.5, 0.6) is 0 Å². The van der Waals surface area contributed by atoms with Crippen LogP contribution in [0.4, 0.5) is 0 Å². The van der Waals surface area contributed by atoms with Gasteiger partial charge in [-0.2, -0.15) is 0 Å². The van der Waals surface area contributed by atoms with Gasteiger partial charge in [-0.1, -0.05) is 24.3 Å². The fraction of sp³-hybridized carbons (Fsp3) is 0.400. The average molecular weight is 230 g/mol. The van der Waals surface area contributed by atoms with Gasteiger partial charge in [0.15, 0.2) is 5.78 Å². The first-order valence-corrected chi connectivity index (χ1v) is 6.16. The quantitative estimate of drug-likeness (QED) is 0.723. The van der Waals surface area contributed by atoms with Crippen LogP contribution in [0, 0.1) is 0 Å². The molecule has 0 aliphatic carbocycles. The number of aryl methyl sites for hydroxylation is 1. The third-order valence-electron chi connectivity index (χ3n) is 3.14. The predicted molar refractivity (Wildman–Crippen MR) is 68.0 cm³/mol. The molecule has 2 heteroatoms. The Labute approximate surface area is 102 Å². The molecule has 1 aliphatic heterocycles. The Morgan fingerprint density at radius 2 is 2.24 bits per heavy atom. The molecule has 2 nitrogen and oxygen atoms in total. The van der Waals surface area contributed by atoms with E-state index < -0.39 is 0 Å². The van der Waals surface area contributed by atoms with Gasteiger partial charge in [0.25, 0.3) is 0 Å². The minimum absolute atomic E-state index is 0.152. The van der Waals surface area contributed by atoms with Crippen molar-refractivity contribution < 1.29 is 9.53 Å². The number of hydrogen-bond acceptors (Lipinski definition) is 2. The summed E-state index contributed by atoms with van der Waals surface area (Å²) in [6.45, 7) is 1.63. The Hall–Kier alpha value is -1.57. The fourth-order valence-corrected chi connectivity index (χ4v) is 2.22. The Kier molecular flexibility index (Phi) is 3.97. The third-order valence-corrected chi connectivity index (χ3v) is 3.14. The van der Waals surface area contributed by atoms with Crippen LogP contribution in [0.25, 0.3) is 0 Å². The van der Waals surface area contributed by atoms with Crippen LogP contribution in [-0.2, 0) is 11.2 Å². The van der Waals surface area contributed by atoms with Crippen LogP contribution < -0.4 is 0 Å². The van der Waals surface area contributed by atoms with Crippen LogP contribution in [-0.4, -0.2) is 11.9 Å². The predicted octanol–water partition coefficient (Wildman–Crippen LogP) is 3.51. The molecule has 0 bridgehead atoms. The second-order valence-corrected chi connectivity index (χ2v) is 4.47. The molecule has 0 amide bonds. The van der Waals surface area contributed by atoms with Crippen LogP contribution in [0.2, 0.25) is 0 Å². The van der Waals surface area contributed by atoms with Gasteiger partial charge in [0.2, 0.25) is 0 Å². The SMILES string of the molecule is CC(=O)c1ccccc1CCCC1CC=CO1. The maximum absolute atomic E-state index is 11.5. The molecule has 1 aromatic carbocycles. The number of hydrogen-bond donors (Lipinski definition) is 0. The molecule has 1 unspecified atom stereocenters. The van der Waals surface area contributed by atoms with Crippen molar-refractivity contribution >= 4 is 5.78 Å². The van der Waals surface area contributed by atoms with Gasteiger partial charge in [-0.05, 0) is 37.8 Å². The summed E-state index contributed by atoms with van der Waals surface area (Å²) in [6, 6.07) is 7.87. The molecule has 0 fully saturated rings. The molecule has 90 valence electrons. The van der Waals surface area contributed by atoms with E-state index in [1.54, 1.807) is 13.2 Å². The van der Waals surface area contributed by atoms with E-state index >= 15 is 0 Å². The van der Waals surface area contributed by atoms with E-state index in [1.165, 1.54) is 0 Å². The minimum atomic E-state index is 0.152. The average Bonchev–Trinajstić information content (AvgIpc) is 2.82. The van der Waals surface area contributed by atoms with Gasteiger partial charge in [0.1, 0.15) is 6.10 Å². The summed E-state index contributed by atoms with van der Waals surface area (Å²) in [6.07, 6.45) is 8.29. The van der Waals surface area contributed by atoms with Gasteiger partial charge >= 0.3 is 0 Å².